The largest absolute Gasteiger partial charge is 0.351 e. The van der Waals surface area contributed by atoms with E-state index < -0.39 is 0 Å². The molecule has 2 N–H and O–H groups in total. The van der Waals surface area contributed by atoms with Crippen molar-refractivity contribution in [1.82, 2.24) is 10.6 Å². The van der Waals surface area contributed by atoms with Gasteiger partial charge in [-0.25, -0.2) is 0 Å². The highest BCUT2D eigenvalue weighted by atomic mass is 127. The Kier molecular flexibility index (Phi) is 8.55. The van der Waals surface area contributed by atoms with Crippen LogP contribution in [-0.4, -0.2) is 25.5 Å². The second-order valence-electron chi connectivity index (χ2n) is 3.59. The normalized spacial score (nSPS) is 9.59. The van der Waals surface area contributed by atoms with Crippen LogP contribution in [0, 0.1) is 10.5 Å². The number of nitrogens with one attached hydrogen (secondary N) is 2. The Bertz CT molecular complexity index is 372. The minimum absolute atomic E-state index is 0. The molecule has 0 heterocycles. The highest BCUT2D eigenvalue weighted by Gasteiger charge is 2.08. The van der Waals surface area contributed by atoms with Crippen molar-refractivity contribution in [2.45, 2.75) is 13.8 Å². The molecule has 0 spiro atoms. The maximum atomic E-state index is 11.8. The Balaban J connectivity index is 0.00000256. The molecule has 0 fully saturated rings. The van der Waals surface area contributed by atoms with E-state index in [1.807, 2.05) is 32.0 Å². The molecule has 1 aromatic carbocycles. The van der Waals surface area contributed by atoms with E-state index in [1.165, 1.54) is 0 Å². The van der Waals surface area contributed by atoms with Gasteiger partial charge in [0.2, 0.25) is 0 Å². The predicted octanol–water partition coefficient (Wildman–Crippen LogP) is 2.36. The lowest BCUT2D eigenvalue weighted by Crippen LogP contribution is -2.32. The number of halogens is 2. The summed E-state index contributed by atoms with van der Waals surface area (Å²) in [6.45, 7) is 6.44. The summed E-state index contributed by atoms with van der Waals surface area (Å²) in [6, 6.07) is 5.90. The van der Waals surface area contributed by atoms with E-state index in [0.29, 0.717) is 6.54 Å². The van der Waals surface area contributed by atoms with Gasteiger partial charge in [-0.3, -0.25) is 4.79 Å². The third-order valence-electron chi connectivity index (χ3n) is 2.20. The zero-order valence-corrected chi connectivity index (χ0v) is 13.0. The van der Waals surface area contributed by atoms with Gasteiger partial charge in [0.15, 0.2) is 0 Å². The molecule has 0 saturated carbocycles. The zero-order valence-electron chi connectivity index (χ0n) is 10.0. The first-order valence-electron chi connectivity index (χ1n) is 5.40. The lowest BCUT2D eigenvalue weighted by molar-refractivity contribution is 0.0953. The number of hydrogen-bond acceptors (Lipinski definition) is 2. The average molecular weight is 369 g/mol. The van der Waals surface area contributed by atoms with Crippen LogP contribution < -0.4 is 10.6 Å². The predicted molar refractivity (Wildman–Crippen MR) is 82.0 cm³/mol. The number of amides is 1. The van der Waals surface area contributed by atoms with Crippen LogP contribution in [0.2, 0.25) is 0 Å². The van der Waals surface area contributed by atoms with Crippen molar-refractivity contribution >= 4 is 40.9 Å². The molecule has 0 atom stereocenters. The first-order chi connectivity index (χ1) is 7.65. The number of aryl methyl sites for hydroxylation is 1. The molecule has 0 aliphatic heterocycles. The maximum absolute atomic E-state index is 11.8. The number of carbonyl (C=O) groups excluding carboxylic acids is 1. The quantitative estimate of drug-likeness (QED) is 0.619. The second-order valence-corrected chi connectivity index (χ2v) is 4.75. The van der Waals surface area contributed by atoms with E-state index in [1.54, 1.807) is 0 Å². The summed E-state index contributed by atoms with van der Waals surface area (Å²) >= 11 is 2.18. The SMILES string of the molecule is CCNCCNC(=O)c1cc(C)ccc1I.Cl. The number of benzene rings is 1. The molecule has 1 rings (SSSR count). The molecule has 0 aromatic heterocycles. The summed E-state index contributed by atoms with van der Waals surface area (Å²) in [6.07, 6.45) is 0. The van der Waals surface area contributed by atoms with Gasteiger partial charge < -0.3 is 10.6 Å². The van der Waals surface area contributed by atoms with Crippen LogP contribution >= 0.6 is 35.0 Å². The van der Waals surface area contributed by atoms with Gasteiger partial charge in [-0.2, -0.15) is 0 Å². The van der Waals surface area contributed by atoms with Crippen molar-refractivity contribution < 1.29 is 4.79 Å². The molecule has 0 radical (unpaired) electrons. The van der Waals surface area contributed by atoms with E-state index in [9.17, 15) is 4.79 Å². The molecule has 17 heavy (non-hydrogen) atoms. The number of hydrogen-bond donors (Lipinski definition) is 2. The molecule has 3 nitrogen and oxygen atoms in total. The fourth-order valence-electron chi connectivity index (χ4n) is 1.35. The first kappa shape index (κ1) is 16.7. The summed E-state index contributed by atoms with van der Waals surface area (Å²) in [5.41, 5.74) is 1.87. The summed E-state index contributed by atoms with van der Waals surface area (Å²) in [4.78, 5) is 11.8. The van der Waals surface area contributed by atoms with Gasteiger partial charge in [0, 0.05) is 16.7 Å². The minimum atomic E-state index is 0. The Morgan fingerprint density at radius 3 is 2.71 bits per heavy atom. The van der Waals surface area contributed by atoms with Crippen molar-refractivity contribution in [2.75, 3.05) is 19.6 Å². The van der Waals surface area contributed by atoms with Crippen LogP contribution in [0.15, 0.2) is 18.2 Å². The lowest BCUT2D eigenvalue weighted by atomic mass is 10.1. The van der Waals surface area contributed by atoms with Gasteiger partial charge in [-0.1, -0.05) is 18.6 Å². The summed E-state index contributed by atoms with van der Waals surface area (Å²) < 4.78 is 0.990. The second kappa shape index (κ2) is 8.72. The van der Waals surface area contributed by atoms with E-state index in [0.717, 1.165) is 27.8 Å². The van der Waals surface area contributed by atoms with Gasteiger partial charge in [-0.05, 0) is 48.2 Å². The Hall–Kier alpha value is -0.330. The molecular weight excluding hydrogens is 351 g/mol. The molecule has 0 unspecified atom stereocenters. The van der Waals surface area contributed by atoms with Crippen LogP contribution in [0.3, 0.4) is 0 Å². The number of carbonyl (C=O) groups is 1. The van der Waals surface area contributed by atoms with Gasteiger partial charge in [-0.15, -0.1) is 12.4 Å². The van der Waals surface area contributed by atoms with Crippen molar-refractivity contribution in [2.24, 2.45) is 0 Å². The molecule has 1 amide bonds. The first-order valence-corrected chi connectivity index (χ1v) is 6.48. The van der Waals surface area contributed by atoms with Gasteiger partial charge in [0.05, 0.1) is 5.56 Å². The summed E-state index contributed by atoms with van der Waals surface area (Å²) in [5, 5.41) is 6.06. The molecule has 1 aromatic rings. The zero-order chi connectivity index (χ0) is 12.0. The molecule has 96 valence electrons. The van der Waals surface area contributed by atoms with E-state index >= 15 is 0 Å². The number of rotatable bonds is 5. The summed E-state index contributed by atoms with van der Waals surface area (Å²) in [7, 11) is 0. The third-order valence-corrected chi connectivity index (χ3v) is 3.14. The fourth-order valence-corrected chi connectivity index (χ4v) is 1.93. The van der Waals surface area contributed by atoms with Crippen LogP contribution in [0.25, 0.3) is 0 Å². The maximum Gasteiger partial charge on any atom is 0.252 e. The Morgan fingerprint density at radius 1 is 1.35 bits per heavy atom. The topological polar surface area (TPSA) is 41.1 Å². The highest BCUT2D eigenvalue weighted by Crippen LogP contribution is 2.13. The molecule has 0 aliphatic carbocycles. The molecule has 0 aliphatic rings. The fraction of sp³-hybridized carbons (Fsp3) is 0.417. The molecule has 0 bridgehead atoms. The van der Waals surface area contributed by atoms with E-state index in [2.05, 4.69) is 33.2 Å². The number of likely N-dealkylation sites (N-methyl/N-ethyl adjacent to an activating group) is 1. The lowest BCUT2D eigenvalue weighted by Gasteiger charge is -2.07. The highest BCUT2D eigenvalue weighted by molar-refractivity contribution is 14.1. The van der Waals surface area contributed by atoms with Gasteiger partial charge in [0.1, 0.15) is 0 Å². The van der Waals surface area contributed by atoms with Crippen LogP contribution in [0.4, 0.5) is 0 Å². The van der Waals surface area contributed by atoms with E-state index in [4.69, 9.17) is 0 Å². The summed E-state index contributed by atoms with van der Waals surface area (Å²) in [5.74, 6) is 0.00556. The van der Waals surface area contributed by atoms with Crippen molar-refractivity contribution in [1.29, 1.82) is 0 Å². The van der Waals surface area contributed by atoms with Gasteiger partial charge in [0.25, 0.3) is 5.91 Å². The Labute approximate surface area is 122 Å². The van der Waals surface area contributed by atoms with Crippen LogP contribution in [0.1, 0.15) is 22.8 Å². The standard InChI is InChI=1S/C12H17IN2O.ClH/c1-3-14-6-7-15-12(16)10-8-9(2)4-5-11(10)13;/h4-5,8,14H,3,6-7H2,1-2H3,(H,15,16);1H. The smallest absolute Gasteiger partial charge is 0.252 e. The van der Waals surface area contributed by atoms with Crippen LogP contribution in [-0.2, 0) is 0 Å². The Morgan fingerprint density at radius 2 is 2.06 bits per heavy atom. The van der Waals surface area contributed by atoms with E-state index in [-0.39, 0.29) is 18.3 Å². The van der Waals surface area contributed by atoms with Gasteiger partial charge >= 0.3 is 0 Å². The minimum Gasteiger partial charge on any atom is -0.351 e. The molecular formula is C12H18ClIN2O. The average Bonchev–Trinajstić information content (AvgIpc) is 2.27. The molecule has 0 saturated heterocycles. The van der Waals surface area contributed by atoms with Crippen molar-refractivity contribution in [3.05, 3.63) is 32.9 Å². The molecule has 5 heteroatoms. The van der Waals surface area contributed by atoms with Crippen LogP contribution in [0.5, 0.6) is 0 Å². The third kappa shape index (κ3) is 5.70. The van der Waals surface area contributed by atoms with Crippen molar-refractivity contribution in [3.8, 4) is 0 Å². The monoisotopic (exact) mass is 368 g/mol. The van der Waals surface area contributed by atoms with Crippen molar-refractivity contribution in [3.63, 3.8) is 0 Å².